The molecule has 0 saturated heterocycles. The summed E-state index contributed by atoms with van der Waals surface area (Å²) in [5.41, 5.74) is 3.11. The third-order valence-corrected chi connectivity index (χ3v) is 3.35. The first-order valence-electron chi connectivity index (χ1n) is 6.98. The van der Waals surface area contributed by atoms with Gasteiger partial charge in [0.25, 0.3) is 0 Å². The maximum Gasteiger partial charge on any atom is 0.241 e. The number of rotatable bonds is 6. The molecule has 2 rings (SSSR count). The van der Waals surface area contributed by atoms with Gasteiger partial charge in [0.1, 0.15) is 30.3 Å². The van der Waals surface area contributed by atoms with Crippen molar-refractivity contribution < 1.29 is 14.6 Å². The molecule has 1 amide bonds. The molecule has 0 saturated carbocycles. The van der Waals surface area contributed by atoms with Crippen LogP contribution in [-0.4, -0.2) is 33.1 Å². The predicted molar refractivity (Wildman–Crippen MR) is 80.3 cm³/mol. The van der Waals surface area contributed by atoms with Gasteiger partial charge in [0.05, 0.1) is 6.61 Å². The van der Waals surface area contributed by atoms with Gasteiger partial charge in [-0.2, -0.15) is 0 Å². The Bertz CT molecular complexity index is 667. The van der Waals surface area contributed by atoms with E-state index >= 15 is 0 Å². The van der Waals surface area contributed by atoms with Gasteiger partial charge >= 0.3 is 0 Å². The van der Waals surface area contributed by atoms with Crippen molar-refractivity contribution in [2.24, 2.45) is 0 Å². The second-order valence-electron chi connectivity index (χ2n) is 5.03. The summed E-state index contributed by atoms with van der Waals surface area (Å²) in [6.45, 7) is 3.92. The maximum absolute atomic E-state index is 11.5. The van der Waals surface area contributed by atoms with Gasteiger partial charge < -0.3 is 15.2 Å². The Morgan fingerprint density at radius 3 is 2.86 bits per heavy atom. The number of benzene rings is 1. The van der Waals surface area contributed by atoms with E-state index in [4.69, 9.17) is 4.74 Å². The summed E-state index contributed by atoms with van der Waals surface area (Å²) in [5.74, 6) is 0.568. The Hall–Kier alpha value is -2.41. The molecule has 22 heavy (non-hydrogen) atoms. The largest absolute Gasteiger partial charge is 0.487 e. The molecule has 0 unspecified atom stereocenters. The van der Waals surface area contributed by atoms with Gasteiger partial charge in [0, 0.05) is 7.05 Å². The minimum Gasteiger partial charge on any atom is -0.487 e. The number of amides is 1. The number of hydrogen-bond acceptors (Lipinski definition) is 5. The second kappa shape index (κ2) is 7.04. The fourth-order valence-corrected chi connectivity index (χ4v) is 2.00. The lowest BCUT2D eigenvalue weighted by Crippen LogP contribution is -2.25. The molecule has 1 heterocycles. The van der Waals surface area contributed by atoms with E-state index in [0.717, 1.165) is 16.9 Å². The van der Waals surface area contributed by atoms with Crippen LogP contribution in [0.3, 0.4) is 0 Å². The number of nitrogens with zero attached hydrogens (tertiary/aromatic N) is 3. The summed E-state index contributed by atoms with van der Waals surface area (Å²) in [6.07, 6.45) is 0. The summed E-state index contributed by atoms with van der Waals surface area (Å²) in [5, 5.41) is 19.6. The van der Waals surface area contributed by atoms with Crippen molar-refractivity contribution in [1.82, 2.24) is 20.3 Å². The fraction of sp³-hybridized carbons (Fsp3) is 0.400. The van der Waals surface area contributed by atoms with Crippen molar-refractivity contribution in [2.45, 2.75) is 33.6 Å². The first-order chi connectivity index (χ1) is 10.5. The molecule has 2 aromatic rings. The van der Waals surface area contributed by atoms with Gasteiger partial charge in [-0.1, -0.05) is 17.3 Å². The van der Waals surface area contributed by atoms with E-state index in [1.807, 2.05) is 32.0 Å². The number of nitrogens with one attached hydrogen (secondary N) is 1. The zero-order valence-electron chi connectivity index (χ0n) is 13.0. The SMILES string of the molecule is CNC(=O)Cn1nnc(CO)c1COc1cc(C)ccc1C. The van der Waals surface area contributed by atoms with Gasteiger partial charge in [-0.25, -0.2) is 4.68 Å². The Labute approximate surface area is 128 Å². The van der Waals surface area contributed by atoms with Crippen LogP contribution in [0.25, 0.3) is 0 Å². The van der Waals surface area contributed by atoms with E-state index < -0.39 is 0 Å². The quantitative estimate of drug-likeness (QED) is 0.820. The minimum atomic E-state index is -0.251. The van der Waals surface area contributed by atoms with Crippen LogP contribution >= 0.6 is 0 Å². The van der Waals surface area contributed by atoms with Crippen LogP contribution in [0.5, 0.6) is 5.75 Å². The van der Waals surface area contributed by atoms with Crippen molar-refractivity contribution >= 4 is 5.91 Å². The molecule has 7 nitrogen and oxygen atoms in total. The number of ether oxygens (including phenoxy) is 1. The molecule has 118 valence electrons. The fourth-order valence-electron chi connectivity index (χ4n) is 2.00. The van der Waals surface area contributed by atoms with Crippen molar-refractivity contribution in [1.29, 1.82) is 0 Å². The Balaban J connectivity index is 2.19. The first-order valence-corrected chi connectivity index (χ1v) is 6.98. The van der Waals surface area contributed by atoms with E-state index in [1.165, 1.54) is 4.68 Å². The molecule has 0 radical (unpaired) electrons. The molecule has 0 spiro atoms. The number of aryl methyl sites for hydroxylation is 2. The number of aromatic nitrogens is 3. The average molecular weight is 304 g/mol. The van der Waals surface area contributed by atoms with Gasteiger partial charge in [-0.05, 0) is 31.0 Å². The second-order valence-corrected chi connectivity index (χ2v) is 5.03. The number of aliphatic hydroxyl groups is 1. The zero-order chi connectivity index (χ0) is 16.1. The molecule has 1 aromatic carbocycles. The van der Waals surface area contributed by atoms with Crippen LogP contribution in [0, 0.1) is 13.8 Å². The summed E-state index contributed by atoms with van der Waals surface area (Å²) in [6, 6.07) is 5.94. The number of hydrogen-bond donors (Lipinski definition) is 2. The zero-order valence-corrected chi connectivity index (χ0v) is 13.0. The molecule has 0 aliphatic carbocycles. The summed E-state index contributed by atoms with van der Waals surface area (Å²) < 4.78 is 7.26. The maximum atomic E-state index is 11.5. The molecule has 0 bridgehead atoms. The van der Waals surface area contributed by atoms with E-state index in [2.05, 4.69) is 15.6 Å². The molecule has 0 atom stereocenters. The summed E-state index contributed by atoms with van der Waals surface area (Å²) in [4.78, 5) is 11.5. The van der Waals surface area contributed by atoms with Crippen LogP contribution in [0.4, 0.5) is 0 Å². The van der Waals surface area contributed by atoms with Crippen LogP contribution in [0.1, 0.15) is 22.5 Å². The lowest BCUT2D eigenvalue weighted by atomic mass is 10.1. The first kappa shape index (κ1) is 16.0. The highest BCUT2D eigenvalue weighted by molar-refractivity contribution is 5.75. The molecule has 0 aliphatic heterocycles. The van der Waals surface area contributed by atoms with Crippen molar-refractivity contribution in [3.8, 4) is 5.75 Å². The highest BCUT2D eigenvalue weighted by atomic mass is 16.5. The Morgan fingerprint density at radius 1 is 1.41 bits per heavy atom. The van der Waals surface area contributed by atoms with Gasteiger partial charge in [0.15, 0.2) is 0 Å². The van der Waals surface area contributed by atoms with Crippen molar-refractivity contribution in [3.05, 3.63) is 40.7 Å². The van der Waals surface area contributed by atoms with E-state index in [-0.39, 0.29) is 25.7 Å². The topological polar surface area (TPSA) is 89.3 Å². The predicted octanol–water partition coefficient (Wildman–Crippen LogP) is 0.712. The summed E-state index contributed by atoms with van der Waals surface area (Å²) in [7, 11) is 1.55. The molecule has 7 heteroatoms. The number of aliphatic hydroxyl groups excluding tert-OH is 1. The van der Waals surface area contributed by atoms with Crippen molar-refractivity contribution in [2.75, 3.05) is 7.05 Å². The third kappa shape index (κ3) is 3.62. The molecular formula is C15H20N4O3. The lowest BCUT2D eigenvalue weighted by molar-refractivity contribution is -0.121. The molecule has 0 aliphatic rings. The minimum absolute atomic E-state index is 0.0367. The Morgan fingerprint density at radius 2 is 2.18 bits per heavy atom. The van der Waals surface area contributed by atoms with Crippen molar-refractivity contribution in [3.63, 3.8) is 0 Å². The standard InChI is InChI=1S/C15H20N4O3/c1-10-4-5-11(2)14(6-10)22-9-13-12(8-20)17-18-19(13)7-15(21)16-3/h4-6,20H,7-9H2,1-3H3,(H,16,21). The van der Waals surface area contributed by atoms with E-state index in [0.29, 0.717) is 11.4 Å². The highest BCUT2D eigenvalue weighted by Crippen LogP contribution is 2.21. The molecule has 0 fully saturated rings. The van der Waals surface area contributed by atoms with Gasteiger partial charge in [-0.15, -0.1) is 5.10 Å². The van der Waals surface area contributed by atoms with E-state index in [1.54, 1.807) is 7.05 Å². The molecule has 1 aromatic heterocycles. The van der Waals surface area contributed by atoms with Crippen LogP contribution in [-0.2, 0) is 24.6 Å². The molecule has 2 N–H and O–H groups in total. The van der Waals surface area contributed by atoms with Crippen LogP contribution in [0.15, 0.2) is 18.2 Å². The smallest absolute Gasteiger partial charge is 0.241 e. The number of likely N-dealkylation sites (N-methyl/N-ethyl adjacent to an activating group) is 1. The van der Waals surface area contributed by atoms with Gasteiger partial charge in [0.2, 0.25) is 5.91 Å². The third-order valence-electron chi connectivity index (χ3n) is 3.35. The lowest BCUT2D eigenvalue weighted by Gasteiger charge is -2.11. The highest BCUT2D eigenvalue weighted by Gasteiger charge is 2.15. The summed E-state index contributed by atoms with van der Waals surface area (Å²) >= 11 is 0. The van der Waals surface area contributed by atoms with Gasteiger partial charge in [-0.3, -0.25) is 4.79 Å². The monoisotopic (exact) mass is 304 g/mol. The van der Waals surface area contributed by atoms with Crippen LogP contribution in [0.2, 0.25) is 0 Å². The normalized spacial score (nSPS) is 10.5. The number of carbonyl (C=O) groups excluding carboxylic acids is 1. The molecular weight excluding hydrogens is 284 g/mol. The Kier molecular flexibility index (Phi) is 5.11. The van der Waals surface area contributed by atoms with E-state index in [9.17, 15) is 9.90 Å². The van der Waals surface area contributed by atoms with Crippen LogP contribution < -0.4 is 10.1 Å². The number of carbonyl (C=O) groups is 1. The average Bonchev–Trinajstić information content (AvgIpc) is 2.89.